The molecule has 1 aromatic carbocycles. The summed E-state index contributed by atoms with van der Waals surface area (Å²) in [6, 6.07) is 1.69. The van der Waals surface area contributed by atoms with Crippen molar-refractivity contribution in [3.05, 3.63) is 27.8 Å². The van der Waals surface area contributed by atoms with Crippen molar-refractivity contribution < 1.29 is 19.9 Å². The molecule has 7 nitrogen and oxygen atoms in total. The van der Waals surface area contributed by atoms with Crippen LogP contribution >= 0.6 is 0 Å². The summed E-state index contributed by atoms with van der Waals surface area (Å²) in [6.45, 7) is 1.47. The molecule has 0 aromatic heterocycles. The van der Waals surface area contributed by atoms with Gasteiger partial charge in [-0.3, -0.25) is 10.1 Å². The van der Waals surface area contributed by atoms with Crippen LogP contribution in [0.25, 0.3) is 0 Å². The Balaban J connectivity index is 3.34. The van der Waals surface area contributed by atoms with E-state index in [9.17, 15) is 20.3 Å². The molecule has 0 aliphatic heterocycles. The minimum absolute atomic E-state index is 0.0506. The van der Waals surface area contributed by atoms with Gasteiger partial charge in [0, 0.05) is 6.07 Å². The molecule has 0 bridgehead atoms. The first-order valence-electron chi connectivity index (χ1n) is 4.87. The van der Waals surface area contributed by atoms with Crippen LogP contribution in [0.1, 0.15) is 18.5 Å². The number of methoxy groups -OCH3 is 1. The second kappa shape index (κ2) is 4.98. The van der Waals surface area contributed by atoms with Crippen LogP contribution in [0.4, 0.5) is 5.69 Å². The molecule has 0 unspecified atom stereocenters. The fourth-order valence-corrected chi connectivity index (χ4v) is 1.38. The Morgan fingerprint density at radius 3 is 2.53 bits per heavy atom. The zero-order valence-corrected chi connectivity index (χ0v) is 9.45. The number of hydrogen-bond donors (Lipinski definition) is 3. The number of nitro benzene ring substituents is 1. The summed E-state index contributed by atoms with van der Waals surface area (Å²) in [7, 11) is 1.27. The number of aliphatic hydroxyl groups excluding tert-OH is 1. The number of rotatable bonds is 4. The molecule has 0 spiro atoms. The summed E-state index contributed by atoms with van der Waals surface area (Å²) in [5.74, 6) is -0.607. The van der Waals surface area contributed by atoms with Crippen molar-refractivity contribution in [3.8, 4) is 11.5 Å². The summed E-state index contributed by atoms with van der Waals surface area (Å²) in [4.78, 5) is 9.98. The fourth-order valence-electron chi connectivity index (χ4n) is 1.38. The highest BCUT2D eigenvalue weighted by atomic mass is 16.6. The van der Waals surface area contributed by atoms with Gasteiger partial charge >= 0.3 is 5.69 Å². The highest BCUT2D eigenvalue weighted by molar-refractivity contribution is 5.57. The molecular formula is C10H14N2O5. The van der Waals surface area contributed by atoms with E-state index in [1.54, 1.807) is 0 Å². The number of benzene rings is 1. The number of aromatic hydroxyl groups is 1. The van der Waals surface area contributed by atoms with Crippen molar-refractivity contribution in [1.82, 2.24) is 0 Å². The third kappa shape index (κ3) is 2.63. The minimum atomic E-state index is -0.871. The number of aliphatic hydroxyl groups is 1. The van der Waals surface area contributed by atoms with Crippen molar-refractivity contribution in [3.63, 3.8) is 0 Å². The lowest BCUT2D eigenvalue weighted by atomic mass is 10.0. The third-order valence-corrected chi connectivity index (χ3v) is 2.40. The van der Waals surface area contributed by atoms with Crippen molar-refractivity contribution in [2.75, 3.05) is 7.11 Å². The SMILES string of the molecule is COc1cc([C@@H](N)[C@H](C)O)cc([N+](=O)[O-])c1O. The molecule has 0 saturated carbocycles. The average Bonchev–Trinajstić information content (AvgIpc) is 2.27. The highest BCUT2D eigenvalue weighted by Gasteiger charge is 2.23. The van der Waals surface area contributed by atoms with Gasteiger partial charge in [-0.05, 0) is 18.6 Å². The van der Waals surface area contributed by atoms with E-state index < -0.39 is 28.5 Å². The molecule has 0 heterocycles. The first-order chi connectivity index (χ1) is 7.88. The predicted octanol–water partition coefficient (Wildman–Crippen LogP) is 0.690. The van der Waals surface area contributed by atoms with E-state index in [0.717, 1.165) is 6.07 Å². The van der Waals surface area contributed by atoms with Crippen LogP contribution in [0.5, 0.6) is 11.5 Å². The first kappa shape index (κ1) is 13.2. The molecule has 94 valence electrons. The summed E-state index contributed by atoms with van der Waals surface area (Å²) < 4.78 is 4.81. The quantitative estimate of drug-likeness (QED) is 0.528. The molecule has 0 amide bonds. The monoisotopic (exact) mass is 242 g/mol. The molecule has 17 heavy (non-hydrogen) atoms. The normalized spacial score (nSPS) is 14.1. The summed E-state index contributed by atoms with van der Waals surface area (Å²) in [5.41, 5.74) is 5.49. The summed E-state index contributed by atoms with van der Waals surface area (Å²) in [5, 5.41) is 29.6. The van der Waals surface area contributed by atoms with Crippen LogP contribution in [0.15, 0.2) is 12.1 Å². The maximum Gasteiger partial charge on any atom is 0.314 e. The number of ether oxygens (including phenoxy) is 1. The van der Waals surface area contributed by atoms with E-state index in [0.29, 0.717) is 5.56 Å². The van der Waals surface area contributed by atoms with Gasteiger partial charge in [-0.1, -0.05) is 0 Å². The molecule has 4 N–H and O–H groups in total. The summed E-state index contributed by atoms with van der Waals surface area (Å²) in [6.07, 6.45) is -0.871. The van der Waals surface area contributed by atoms with Gasteiger partial charge in [-0.25, -0.2) is 0 Å². The lowest BCUT2D eigenvalue weighted by Crippen LogP contribution is -2.23. The van der Waals surface area contributed by atoms with Crippen molar-refractivity contribution >= 4 is 5.69 Å². The van der Waals surface area contributed by atoms with Crippen molar-refractivity contribution in [1.29, 1.82) is 0 Å². The highest BCUT2D eigenvalue weighted by Crippen LogP contribution is 2.38. The van der Waals surface area contributed by atoms with Gasteiger partial charge in [-0.15, -0.1) is 0 Å². The van der Waals surface area contributed by atoms with E-state index in [1.165, 1.54) is 20.1 Å². The number of nitro groups is 1. The van der Waals surface area contributed by atoms with Crippen molar-refractivity contribution in [2.24, 2.45) is 5.73 Å². The van der Waals surface area contributed by atoms with Crippen LogP contribution in [0, 0.1) is 10.1 Å². The molecule has 1 rings (SSSR count). The molecule has 0 aliphatic carbocycles. The van der Waals surface area contributed by atoms with E-state index >= 15 is 0 Å². The van der Waals surface area contributed by atoms with E-state index in [2.05, 4.69) is 0 Å². The first-order valence-corrected chi connectivity index (χ1v) is 4.87. The van der Waals surface area contributed by atoms with Crippen LogP contribution in [-0.2, 0) is 0 Å². The Morgan fingerprint density at radius 2 is 2.12 bits per heavy atom. The maximum atomic E-state index is 10.7. The molecule has 1 aromatic rings. The molecular weight excluding hydrogens is 228 g/mol. The predicted molar refractivity (Wildman–Crippen MR) is 59.9 cm³/mol. The van der Waals surface area contributed by atoms with Crippen LogP contribution in [0.2, 0.25) is 0 Å². The zero-order chi connectivity index (χ0) is 13.2. The number of nitrogens with zero attached hydrogens (tertiary/aromatic N) is 1. The van der Waals surface area contributed by atoms with Gasteiger partial charge < -0.3 is 20.7 Å². The second-order valence-electron chi connectivity index (χ2n) is 3.61. The number of phenols is 1. The Bertz CT molecular complexity index is 433. The molecule has 0 aliphatic rings. The summed E-state index contributed by atoms with van der Waals surface area (Å²) >= 11 is 0. The van der Waals surface area contributed by atoms with Gasteiger partial charge in [0.1, 0.15) is 0 Å². The van der Waals surface area contributed by atoms with Gasteiger partial charge in [-0.2, -0.15) is 0 Å². The molecule has 0 fully saturated rings. The van der Waals surface area contributed by atoms with Gasteiger partial charge in [0.25, 0.3) is 0 Å². The second-order valence-corrected chi connectivity index (χ2v) is 3.61. The molecule has 7 heteroatoms. The zero-order valence-electron chi connectivity index (χ0n) is 9.45. The van der Waals surface area contributed by atoms with Gasteiger partial charge in [0.2, 0.25) is 5.75 Å². The molecule has 0 radical (unpaired) electrons. The van der Waals surface area contributed by atoms with Crippen LogP contribution < -0.4 is 10.5 Å². The number of nitrogens with two attached hydrogens (primary N) is 1. The molecule has 0 saturated heterocycles. The van der Waals surface area contributed by atoms with E-state index in [-0.39, 0.29) is 5.75 Å². The smallest absolute Gasteiger partial charge is 0.314 e. The largest absolute Gasteiger partial charge is 0.500 e. The average molecular weight is 242 g/mol. The Morgan fingerprint density at radius 1 is 1.53 bits per heavy atom. The van der Waals surface area contributed by atoms with E-state index in [4.69, 9.17) is 10.5 Å². The number of hydrogen-bond acceptors (Lipinski definition) is 6. The standard InChI is InChI=1S/C10H14N2O5/c1-5(13)9(11)6-3-7(12(15)16)10(14)8(4-6)17-2/h3-5,9,13-14H,11H2,1-2H3/t5-,9-/m0/s1. The third-order valence-electron chi connectivity index (χ3n) is 2.40. The minimum Gasteiger partial charge on any atom is -0.500 e. The Kier molecular flexibility index (Phi) is 3.87. The van der Waals surface area contributed by atoms with Gasteiger partial charge in [0.15, 0.2) is 5.75 Å². The number of phenolic OH excluding ortho intramolecular Hbond substituents is 1. The Hall–Kier alpha value is -1.86. The van der Waals surface area contributed by atoms with Gasteiger partial charge in [0.05, 0.1) is 24.2 Å². The van der Waals surface area contributed by atoms with Crippen LogP contribution in [0.3, 0.4) is 0 Å². The van der Waals surface area contributed by atoms with Crippen LogP contribution in [-0.4, -0.2) is 28.4 Å². The topological polar surface area (TPSA) is 119 Å². The van der Waals surface area contributed by atoms with E-state index in [1.807, 2.05) is 0 Å². The lowest BCUT2D eigenvalue weighted by Gasteiger charge is -2.16. The Labute approximate surface area is 97.6 Å². The maximum absolute atomic E-state index is 10.7. The molecule has 2 atom stereocenters. The van der Waals surface area contributed by atoms with Crippen molar-refractivity contribution in [2.45, 2.75) is 19.1 Å². The lowest BCUT2D eigenvalue weighted by molar-refractivity contribution is -0.386. The fraction of sp³-hybridized carbons (Fsp3) is 0.400.